The van der Waals surface area contributed by atoms with Gasteiger partial charge in [-0.15, -0.1) is 0 Å². The summed E-state index contributed by atoms with van der Waals surface area (Å²) in [5.74, 6) is 0.736. The molecule has 0 saturated heterocycles. The summed E-state index contributed by atoms with van der Waals surface area (Å²) in [4.78, 5) is 20.4. The van der Waals surface area contributed by atoms with E-state index in [9.17, 15) is 4.79 Å². The number of amides is 1. The maximum atomic E-state index is 12.5. The summed E-state index contributed by atoms with van der Waals surface area (Å²) >= 11 is 12.9. The van der Waals surface area contributed by atoms with Crippen molar-refractivity contribution in [2.75, 3.05) is 5.32 Å². The minimum Gasteiger partial charge on any atom is -0.322 e. The van der Waals surface area contributed by atoms with Gasteiger partial charge in [-0.1, -0.05) is 41.4 Å². The summed E-state index contributed by atoms with van der Waals surface area (Å²) in [5, 5.41) is 8.67. The average Bonchev–Trinajstić information content (AvgIpc) is 3.22. The van der Waals surface area contributed by atoms with E-state index in [2.05, 4.69) is 20.4 Å². The highest BCUT2D eigenvalue weighted by Gasteiger charge is 2.35. The lowest BCUT2D eigenvalue weighted by atomic mass is 9.85. The molecule has 1 aliphatic rings. The lowest BCUT2D eigenvalue weighted by Gasteiger charge is -2.25. The van der Waals surface area contributed by atoms with Crippen LogP contribution in [0.5, 0.6) is 0 Å². The molecule has 8 heteroatoms. The van der Waals surface area contributed by atoms with E-state index in [4.69, 9.17) is 23.2 Å². The highest BCUT2D eigenvalue weighted by atomic mass is 35.5. The summed E-state index contributed by atoms with van der Waals surface area (Å²) in [6.07, 6.45) is 0.253. The third-order valence-electron chi connectivity index (χ3n) is 5.03. The summed E-state index contributed by atoms with van der Waals surface area (Å²) in [7, 11) is 0. The maximum Gasteiger partial charge on any atom is 0.231 e. The van der Waals surface area contributed by atoms with E-state index in [-0.39, 0.29) is 18.2 Å². The molecule has 0 aliphatic carbocycles. The van der Waals surface area contributed by atoms with Gasteiger partial charge >= 0.3 is 0 Å². The molecule has 5 rings (SSSR count). The van der Waals surface area contributed by atoms with Crippen LogP contribution in [-0.2, 0) is 4.79 Å². The van der Waals surface area contributed by atoms with E-state index < -0.39 is 0 Å². The van der Waals surface area contributed by atoms with Crippen LogP contribution in [0.1, 0.15) is 29.2 Å². The Morgan fingerprint density at radius 1 is 1.07 bits per heavy atom. The zero-order valence-corrected chi connectivity index (χ0v) is 16.3. The quantitative estimate of drug-likeness (QED) is 0.495. The van der Waals surface area contributed by atoms with Crippen molar-refractivity contribution >= 4 is 46.0 Å². The Hall–Kier alpha value is -2.83. The first-order chi connectivity index (χ1) is 13.5. The summed E-state index contributed by atoms with van der Waals surface area (Å²) < 4.78 is 1.64. The van der Waals surface area contributed by atoms with Crippen molar-refractivity contribution in [1.29, 1.82) is 0 Å². The molecule has 0 spiro atoms. The van der Waals surface area contributed by atoms with Gasteiger partial charge in [0.25, 0.3) is 0 Å². The number of aromatic nitrogens is 4. The second kappa shape index (κ2) is 6.36. The van der Waals surface area contributed by atoms with Gasteiger partial charge in [0.1, 0.15) is 5.82 Å². The van der Waals surface area contributed by atoms with Gasteiger partial charge in [0, 0.05) is 27.9 Å². The number of imidazole rings is 1. The van der Waals surface area contributed by atoms with Crippen LogP contribution in [-0.4, -0.2) is 25.7 Å². The molecule has 6 nitrogen and oxygen atoms in total. The van der Waals surface area contributed by atoms with Crippen molar-refractivity contribution < 1.29 is 4.79 Å². The van der Waals surface area contributed by atoms with Gasteiger partial charge in [0.15, 0.2) is 0 Å². The lowest BCUT2D eigenvalue weighted by molar-refractivity contribution is -0.116. The number of nitrogens with one attached hydrogen (secondary N) is 2. The Balaban J connectivity index is 1.72. The van der Waals surface area contributed by atoms with Crippen LogP contribution in [0.15, 0.2) is 42.5 Å². The third kappa shape index (κ3) is 2.60. The van der Waals surface area contributed by atoms with Gasteiger partial charge in [0.05, 0.1) is 16.7 Å². The van der Waals surface area contributed by atoms with E-state index >= 15 is 0 Å². The number of carbonyl (C=O) groups is 1. The Morgan fingerprint density at radius 2 is 1.82 bits per heavy atom. The molecule has 28 heavy (non-hydrogen) atoms. The third-order valence-corrected chi connectivity index (χ3v) is 5.69. The number of nitrogens with zero attached hydrogens (tertiary/aromatic N) is 3. The van der Waals surface area contributed by atoms with Crippen molar-refractivity contribution in [3.63, 3.8) is 0 Å². The van der Waals surface area contributed by atoms with Crippen molar-refractivity contribution in [2.24, 2.45) is 0 Å². The van der Waals surface area contributed by atoms with E-state index in [1.165, 1.54) is 0 Å². The van der Waals surface area contributed by atoms with E-state index in [0.29, 0.717) is 21.8 Å². The monoisotopic (exact) mass is 411 g/mol. The predicted octanol–water partition coefficient (Wildman–Crippen LogP) is 4.84. The van der Waals surface area contributed by atoms with Gasteiger partial charge < -0.3 is 10.3 Å². The minimum atomic E-state index is -0.275. The van der Waals surface area contributed by atoms with E-state index in [0.717, 1.165) is 27.9 Å². The molecule has 0 radical (unpaired) electrons. The zero-order valence-electron chi connectivity index (χ0n) is 14.8. The predicted molar refractivity (Wildman–Crippen MR) is 110 cm³/mol. The Bertz CT molecular complexity index is 1190. The van der Waals surface area contributed by atoms with Gasteiger partial charge in [-0.2, -0.15) is 9.78 Å². The second-order valence-electron chi connectivity index (χ2n) is 6.78. The van der Waals surface area contributed by atoms with Crippen molar-refractivity contribution in [3.8, 4) is 5.95 Å². The Kier molecular flexibility index (Phi) is 3.92. The molecular formula is C20H15Cl2N5O. The molecule has 2 aromatic heterocycles. The number of hydrogen-bond acceptors (Lipinski definition) is 3. The summed E-state index contributed by atoms with van der Waals surface area (Å²) in [6, 6.07) is 13.1. The Morgan fingerprint density at radius 3 is 2.57 bits per heavy atom. The number of hydrogen-bond donors (Lipinski definition) is 2. The first kappa shape index (κ1) is 17.3. The molecule has 1 amide bonds. The molecule has 0 unspecified atom stereocenters. The maximum absolute atomic E-state index is 12.5. The van der Waals surface area contributed by atoms with Crippen LogP contribution < -0.4 is 5.32 Å². The fourth-order valence-electron chi connectivity index (χ4n) is 3.83. The number of aryl methyl sites for hydroxylation is 1. The SMILES string of the molecule is Cc1nn(-c2nc3ccccc3[nH]2)c2c1[C@H](c1c(Cl)cccc1Cl)CC(=O)N2. The molecule has 4 aromatic rings. The van der Waals surface area contributed by atoms with Crippen molar-refractivity contribution in [3.05, 3.63) is 69.3 Å². The molecule has 3 heterocycles. The molecule has 0 fully saturated rings. The molecule has 2 aromatic carbocycles. The number of para-hydroxylation sites is 2. The first-order valence-electron chi connectivity index (χ1n) is 8.81. The van der Waals surface area contributed by atoms with Gasteiger partial charge in [-0.05, 0) is 36.8 Å². The van der Waals surface area contributed by atoms with Gasteiger partial charge in [0.2, 0.25) is 11.9 Å². The number of rotatable bonds is 2. The fraction of sp³-hybridized carbons (Fsp3) is 0.150. The molecule has 0 saturated carbocycles. The zero-order chi connectivity index (χ0) is 19.4. The Labute approximate surface area is 170 Å². The molecule has 1 aliphatic heterocycles. The standard InChI is InChI=1S/C20H15Cl2N5O/c1-10-17-11(18-12(21)5-4-6-13(18)22)9-16(28)25-19(17)27(26-10)20-23-14-7-2-3-8-15(14)24-20/h2-8,11H,9H2,1H3,(H,23,24)(H,25,28)/t11-/m1/s1. The number of benzene rings is 2. The number of anilines is 1. The number of fused-ring (bicyclic) bond motifs is 2. The first-order valence-corrected chi connectivity index (χ1v) is 9.57. The van der Waals surface area contributed by atoms with Crippen LogP contribution in [0.4, 0.5) is 5.82 Å². The van der Waals surface area contributed by atoms with Gasteiger partial charge in [-0.25, -0.2) is 4.98 Å². The summed E-state index contributed by atoms with van der Waals surface area (Å²) in [6.45, 7) is 1.91. The smallest absolute Gasteiger partial charge is 0.231 e. The molecule has 140 valence electrons. The number of carbonyl (C=O) groups excluding carboxylic acids is 1. The summed E-state index contributed by atoms with van der Waals surface area (Å²) in [5.41, 5.74) is 4.15. The van der Waals surface area contributed by atoms with Crippen LogP contribution in [0.3, 0.4) is 0 Å². The fourth-order valence-corrected chi connectivity index (χ4v) is 4.49. The van der Waals surface area contributed by atoms with Crippen molar-refractivity contribution in [1.82, 2.24) is 19.7 Å². The van der Waals surface area contributed by atoms with Crippen molar-refractivity contribution in [2.45, 2.75) is 19.3 Å². The highest BCUT2D eigenvalue weighted by molar-refractivity contribution is 6.36. The second-order valence-corrected chi connectivity index (χ2v) is 7.59. The number of H-pyrrole nitrogens is 1. The number of halogens is 2. The van der Waals surface area contributed by atoms with Crippen LogP contribution in [0.2, 0.25) is 10.0 Å². The average molecular weight is 412 g/mol. The number of aromatic amines is 1. The largest absolute Gasteiger partial charge is 0.322 e. The minimum absolute atomic E-state index is 0.120. The topological polar surface area (TPSA) is 75.6 Å². The normalized spacial score (nSPS) is 16.2. The van der Waals surface area contributed by atoms with Crippen LogP contribution >= 0.6 is 23.2 Å². The molecular weight excluding hydrogens is 397 g/mol. The van der Waals surface area contributed by atoms with E-state index in [1.807, 2.05) is 31.2 Å². The molecule has 0 bridgehead atoms. The molecule has 1 atom stereocenters. The lowest BCUT2D eigenvalue weighted by Crippen LogP contribution is -2.25. The van der Waals surface area contributed by atoms with Crippen LogP contribution in [0.25, 0.3) is 17.0 Å². The highest BCUT2D eigenvalue weighted by Crippen LogP contribution is 2.44. The molecule has 2 N–H and O–H groups in total. The van der Waals surface area contributed by atoms with E-state index in [1.54, 1.807) is 22.9 Å². The van der Waals surface area contributed by atoms with Crippen LogP contribution in [0, 0.1) is 6.92 Å². The van der Waals surface area contributed by atoms with Gasteiger partial charge in [-0.3, -0.25) is 4.79 Å².